The summed E-state index contributed by atoms with van der Waals surface area (Å²) in [4.78, 5) is 29.8. The van der Waals surface area contributed by atoms with Gasteiger partial charge >= 0.3 is 0 Å². The zero-order valence-electron chi connectivity index (χ0n) is 26.5. The van der Waals surface area contributed by atoms with E-state index in [1.54, 1.807) is 42.5 Å². The lowest BCUT2D eigenvalue weighted by Crippen LogP contribution is -2.53. The molecule has 0 aliphatic heterocycles. The highest BCUT2D eigenvalue weighted by Gasteiger charge is 2.35. The lowest BCUT2D eigenvalue weighted by atomic mass is 10.0. The van der Waals surface area contributed by atoms with Crippen LogP contribution >= 0.6 is 23.2 Å². The minimum absolute atomic E-state index is 0.0444. The maximum absolute atomic E-state index is 14.6. The molecule has 0 saturated carbocycles. The normalized spacial score (nSPS) is 12.0. The average Bonchev–Trinajstić information content (AvgIpc) is 3.03. The maximum atomic E-state index is 14.6. The molecule has 242 valence electrons. The van der Waals surface area contributed by atoms with Gasteiger partial charge in [-0.3, -0.25) is 13.9 Å². The number of aryl methyl sites for hydroxylation is 3. The Morgan fingerprint density at radius 2 is 1.54 bits per heavy atom. The standard InChI is InChI=1S/C36H39Cl2N3O4S/c1-5-19-39-36(43)34(21-28-9-7-6-8-10-28)40(23-29-14-15-30(37)22-33(29)38)35(42)24-41(31-16-13-26(3)27(4)20-31)46(44,45)32-17-11-25(2)12-18-32/h6-18,20,22,34H,5,19,21,23-24H2,1-4H3,(H,39,43)/t34-/m1/s1. The summed E-state index contributed by atoms with van der Waals surface area (Å²) in [6.45, 7) is 7.47. The molecule has 0 radical (unpaired) electrons. The summed E-state index contributed by atoms with van der Waals surface area (Å²) in [5, 5.41) is 3.70. The van der Waals surface area contributed by atoms with Gasteiger partial charge in [0.15, 0.2) is 0 Å². The Labute approximate surface area is 282 Å². The molecule has 0 fully saturated rings. The number of hydrogen-bond donors (Lipinski definition) is 1. The first-order chi connectivity index (χ1) is 21.9. The minimum Gasteiger partial charge on any atom is -0.354 e. The summed E-state index contributed by atoms with van der Waals surface area (Å²) in [6, 6.07) is 25.2. The number of nitrogens with zero attached hydrogens (tertiary/aromatic N) is 2. The molecule has 46 heavy (non-hydrogen) atoms. The third kappa shape index (κ3) is 8.69. The van der Waals surface area contributed by atoms with Crippen molar-refractivity contribution in [1.29, 1.82) is 0 Å². The van der Waals surface area contributed by atoms with Gasteiger partial charge in [-0.25, -0.2) is 8.42 Å². The quantitative estimate of drug-likeness (QED) is 0.161. The minimum atomic E-state index is -4.19. The molecule has 0 aliphatic rings. The summed E-state index contributed by atoms with van der Waals surface area (Å²) in [5.74, 6) is -0.907. The zero-order chi connectivity index (χ0) is 33.4. The van der Waals surface area contributed by atoms with Crippen LogP contribution in [0, 0.1) is 20.8 Å². The summed E-state index contributed by atoms with van der Waals surface area (Å²) in [5.41, 5.74) is 4.52. The van der Waals surface area contributed by atoms with Crippen LogP contribution in [0.25, 0.3) is 0 Å². The van der Waals surface area contributed by atoms with E-state index in [1.807, 2.05) is 64.1 Å². The van der Waals surface area contributed by atoms with Crippen LogP contribution in [0.3, 0.4) is 0 Å². The smallest absolute Gasteiger partial charge is 0.264 e. The fraction of sp³-hybridized carbons (Fsp3) is 0.278. The Hall–Kier alpha value is -3.85. The summed E-state index contributed by atoms with van der Waals surface area (Å²) >= 11 is 12.7. The van der Waals surface area contributed by atoms with Crippen molar-refractivity contribution >= 4 is 50.7 Å². The van der Waals surface area contributed by atoms with Crippen molar-refractivity contribution in [3.63, 3.8) is 0 Å². The molecule has 1 N–H and O–H groups in total. The monoisotopic (exact) mass is 679 g/mol. The second-order valence-electron chi connectivity index (χ2n) is 11.3. The first-order valence-corrected chi connectivity index (χ1v) is 17.3. The molecule has 7 nitrogen and oxygen atoms in total. The van der Waals surface area contributed by atoms with E-state index in [2.05, 4.69) is 5.32 Å². The largest absolute Gasteiger partial charge is 0.354 e. The number of amides is 2. The number of hydrogen-bond acceptors (Lipinski definition) is 4. The second kappa shape index (κ2) is 15.6. The Morgan fingerprint density at radius 3 is 2.17 bits per heavy atom. The van der Waals surface area contributed by atoms with Crippen LogP contribution in [0.5, 0.6) is 0 Å². The third-order valence-electron chi connectivity index (χ3n) is 7.84. The highest BCUT2D eigenvalue weighted by Crippen LogP contribution is 2.28. The number of carbonyl (C=O) groups is 2. The van der Waals surface area contributed by atoms with Crippen LogP contribution in [0.4, 0.5) is 5.69 Å². The Kier molecular flexibility index (Phi) is 11.9. The molecule has 4 aromatic rings. The molecule has 0 aromatic heterocycles. The van der Waals surface area contributed by atoms with E-state index >= 15 is 0 Å². The van der Waals surface area contributed by atoms with E-state index in [4.69, 9.17) is 23.2 Å². The number of carbonyl (C=O) groups excluding carboxylic acids is 2. The number of benzene rings is 4. The predicted octanol–water partition coefficient (Wildman–Crippen LogP) is 7.28. The van der Waals surface area contributed by atoms with Gasteiger partial charge in [-0.1, -0.05) is 90.3 Å². The topological polar surface area (TPSA) is 86.8 Å². The van der Waals surface area contributed by atoms with Gasteiger partial charge in [-0.15, -0.1) is 0 Å². The fourth-order valence-corrected chi connectivity index (χ4v) is 6.87. The summed E-state index contributed by atoms with van der Waals surface area (Å²) < 4.78 is 29.6. The molecule has 0 unspecified atom stereocenters. The van der Waals surface area contributed by atoms with Gasteiger partial charge in [0.25, 0.3) is 10.0 Å². The first kappa shape index (κ1) is 35.0. The molecule has 0 heterocycles. The molecular weight excluding hydrogens is 641 g/mol. The van der Waals surface area contributed by atoms with Crippen LogP contribution in [0.2, 0.25) is 10.0 Å². The Balaban J connectivity index is 1.83. The van der Waals surface area contributed by atoms with Crippen molar-refractivity contribution in [2.24, 2.45) is 0 Å². The highest BCUT2D eigenvalue weighted by molar-refractivity contribution is 7.92. The van der Waals surface area contributed by atoms with E-state index in [0.717, 1.165) is 26.6 Å². The van der Waals surface area contributed by atoms with Gasteiger partial charge in [0.2, 0.25) is 11.8 Å². The molecule has 2 amide bonds. The van der Waals surface area contributed by atoms with Crippen molar-refractivity contribution in [1.82, 2.24) is 10.2 Å². The molecule has 0 spiro atoms. The van der Waals surface area contributed by atoms with Crippen molar-refractivity contribution in [2.45, 2.75) is 58.0 Å². The molecule has 1 atom stereocenters. The van der Waals surface area contributed by atoms with Crippen molar-refractivity contribution < 1.29 is 18.0 Å². The lowest BCUT2D eigenvalue weighted by Gasteiger charge is -2.34. The molecule has 0 saturated heterocycles. The van der Waals surface area contributed by atoms with Crippen molar-refractivity contribution in [2.75, 3.05) is 17.4 Å². The van der Waals surface area contributed by atoms with Crippen LogP contribution in [0.1, 0.15) is 41.2 Å². The Bertz CT molecular complexity index is 1780. The lowest BCUT2D eigenvalue weighted by molar-refractivity contribution is -0.140. The van der Waals surface area contributed by atoms with Gasteiger partial charge in [0.05, 0.1) is 10.6 Å². The first-order valence-electron chi connectivity index (χ1n) is 15.1. The van der Waals surface area contributed by atoms with Crippen LogP contribution in [0.15, 0.2) is 95.9 Å². The molecule has 0 bridgehead atoms. The predicted molar refractivity (Wildman–Crippen MR) is 186 cm³/mol. The number of rotatable bonds is 13. The fourth-order valence-electron chi connectivity index (χ4n) is 5.00. The van der Waals surface area contributed by atoms with Crippen molar-refractivity contribution in [3.8, 4) is 0 Å². The Morgan fingerprint density at radius 1 is 0.848 bits per heavy atom. The van der Waals surface area contributed by atoms with Gasteiger partial charge in [0.1, 0.15) is 12.6 Å². The second-order valence-corrected chi connectivity index (χ2v) is 14.1. The van der Waals surface area contributed by atoms with Gasteiger partial charge < -0.3 is 10.2 Å². The average molecular weight is 681 g/mol. The van der Waals surface area contributed by atoms with Crippen LogP contribution < -0.4 is 9.62 Å². The molecule has 10 heteroatoms. The molecular formula is C36H39Cl2N3O4S. The molecule has 0 aliphatic carbocycles. The van der Waals surface area contributed by atoms with Crippen LogP contribution in [-0.2, 0) is 32.6 Å². The van der Waals surface area contributed by atoms with E-state index in [-0.39, 0.29) is 23.8 Å². The SMILES string of the molecule is CCCNC(=O)[C@@H](Cc1ccccc1)N(Cc1ccc(Cl)cc1Cl)C(=O)CN(c1ccc(C)c(C)c1)S(=O)(=O)c1ccc(C)cc1. The summed E-state index contributed by atoms with van der Waals surface area (Å²) in [6.07, 6.45) is 0.914. The number of nitrogens with one attached hydrogen (secondary N) is 1. The van der Waals surface area contributed by atoms with E-state index in [0.29, 0.717) is 34.3 Å². The van der Waals surface area contributed by atoms with Crippen LogP contribution in [-0.4, -0.2) is 44.3 Å². The highest BCUT2D eigenvalue weighted by atomic mass is 35.5. The molecule has 4 aromatic carbocycles. The van der Waals surface area contributed by atoms with Gasteiger partial charge in [-0.05, 0) is 85.8 Å². The number of anilines is 1. The third-order valence-corrected chi connectivity index (χ3v) is 10.2. The number of sulfonamides is 1. The summed E-state index contributed by atoms with van der Waals surface area (Å²) in [7, 11) is -4.19. The van der Waals surface area contributed by atoms with E-state index in [1.165, 1.54) is 17.0 Å². The van der Waals surface area contributed by atoms with Crippen molar-refractivity contribution in [3.05, 3.63) is 129 Å². The number of halogens is 2. The van der Waals surface area contributed by atoms with E-state index in [9.17, 15) is 18.0 Å². The van der Waals surface area contributed by atoms with E-state index < -0.39 is 28.5 Å². The van der Waals surface area contributed by atoms with Gasteiger partial charge in [0, 0.05) is 29.6 Å². The van der Waals surface area contributed by atoms with Gasteiger partial charge in [-0.2, -0.15) is 0 Å². The zero-order valence-corrected chi connectivity index (χ0v) is 28.8. The molecule has 4 rings (SSSR count). The maximum Gasteiger partial charge on any atom is 0.264 e.